The van der Waals surface area contributed by atoms with Crippen LogP contribution in [-0.4, -0.2) is 25.3 Å². The fourth-order valence-electron chi connectivity index (χ4n) is 2.58. The Balaban J connectivity index is 2.13. The van der Waals surface area contributed by atoms with Gasteiger partial charge < -0.3 is 9.69 Å². The maximum atomic E-state index is 12.3. The molecule has 0 radical (unpaired) electrons. The van der Waals surface area contributed by atoms with E-state index in [-0.39, 0.29) is 5.91 Å². The molecule has 0 aliphatic carbocycles. The molecule has 20 heavy (non-hydrogen) atoms. The average Bonchev–Trinajstić information content (AvgIpc) is 2.76. The molecule has 0 bridgehead atoms. The van der Waals surface area contributed by atoms with Crippen LogP contribution in [0, 0.1) is 0 Å². The number of carbonyl (C=O) groups excluding carboxylic acids is 2. The highest BCUT2D eigenvalue weighted by atomic mass is 32.2. The number of rotatable bonds is 5. The van der Waals surface area contributed by atoms with E-state index in [4.69, 9.17) is 0 Å². The van der Waals surface area contributed by atoms with Crippen molar-refractivity contribution in [1.29, 1.82) is 0 Å². The molecular weight excluding hydrogens is 272 g/mol. The zero-order chi connectivity index (χ0) is 14.1. The quantitative estimate of drug-likeness (QED) is 0.521. The molecule has 0 aromatic heterocycles. The Morgan fingerprint density at radius 1 is 1.30 bits per heavy atom. The summed E-state index contributed by atoms with van der Waals surface area (Å²) in [6.45, 7) is 2.94. The van der Waals surface area contributed by atoms with Crippen LogP contribution in [-0.2, 0) is 4.79 Å². The first kappa shape index (κ1) is 13.1. The molecule has 0 spiro atoms. The highest BCUT2D eigenvalue weighted by Gasteiger charge is 2.29. The van der Waals surface area contributed by atoms with Crippen molar-refractivity contribution in [3.63, 3.8) is 0 Å². The lowest BCUT2D eigenvalue weighted by Crippen LogP contribution is -2.25. The number of nitrogens with zero attached hydrogens (tertiary/aromatic N) is 1. The first-order chi connectivity index (χ1) is 9.77. The van der Waals surface area contributed by atoms with Crippen LogP contribution in [0.5, 0.6) is 0 Å². The normalized spacial score (nSPS) is 13.2. The number of carbonyl (C=O) groups is 2. The predicted octanol–water partition coefficient (Wildman–Crippen LogP) is 2.62. The van der Waals surface area contributed by atoms with Gasteiger partial charge in [-0.05, 0) is 42.5 Å². The Bertz CT molecular complexity index is 700. The van der Waals surface area contributed by atoms with E-state index in [9.17, 15) is 9.59 Å². The SMILES string of the molecule is CCN1C(=O)c2cccc3c(SNCC=O)ccc1c23. The van der Waals surface area contributed by atoms with Gasteiger partial charge in [-0.2, -0.15) is 0 Å². The number of amides is 1. The molecule has 2 aromatic carbocycles. The van der Waals surface area contributed by atoms with E-state index in [1.165, 1.54) is 11.9 Å². The Morgan fingerprint density at radius 2 is 2.15 bits per heavy atom. The third kappa shape index (κ3) is 1.90. The van der Waals surface area contributed by atoms with Crippen molar-refractivity contribution >= 4 is 40.6 Å². The van der Waals surface area contributed by atoms with Gasteiger partial charge in [0.2, 0.25) is 0 Å². The third-order valence-electron chi connectivity index (χ3n) is 3.41. The van der Waals surface area contributed by atoms with Crippen molar-refractivity contribution in [2.45, 2.75) is 11.8 Å². The summed E-state index contributed by atoms with van der Waals surface area (Å²) < 4.78 is 2.99. The Labute approximate surface area is 121 Å². The van der Waals surface area contributed by atoms with Crippen LogP contribution in [0.4, 0.5) is 5.69 Å². The van der Waals surface area contributed by atoms with Crippen LogP contribution in [0.3, 0.4) is 0 Å². The zero-order valence-corrected chi connectivity index (χ0v) is 11.9. The van der Waals surface area contributed by atoms with Crippen molar-refractivity contribution in [1.82, 2.24) is 4.72 Å². The van der Waals surface area contributed by atoms with Crippen LogP contribution in [0.25, 0.3) is 10.8 Å². The van der Waals surface area contributed by atoms with Crippen molar-refractivity contribution in [3.05, 3.63) is 35.9 Å². The molecule has 0 atom stereocenters. The van der Waals surface area contributed by atoms with E-state index < -0.39 is 0 Å². The molecule has 0 fully saturated rings. The largest absolute Gasteiger partial charge is 0.308 e. The second-order valence-electron chi connectivity index (χ2n) is 4.48. The number of benzene rings is 2. The Hall–Kier alpha value is -1.85. The molecule has 0 unspecified atom stereocenters. The van der Waals surface area contributed by atoms with Crippen LogP contribution in [0.2, 0.25) is 0 Å². The summed E-state index contributed by atoms with van der Waals surface area (Å²) in [7, 11) is 0. The number of anilines is 1. The molecule has 5 heteroatoms. The van der Waals surface area contributed by atoms with E-state index in [1.54, 1.807) is 4.90 Å². The molecule has 1 aliphatic rings. The minimum Gasteiger partial charge on any atom is -0.308 e. The maximum absolute atomic E-state index is 12.3. The summed E-state index contributed by atoms with van der Waals surface area (Å²) in [5, 5.41) is 2.06. The lowest BCUT2D eigenvalue weighted by molar-refractivity contribution is -0.106. The van der Waals surface area contributed by atoms with Gasteiger partial charge in [-0.1, -0.05) is 12.1 Å². The van der Waals surface area contributed by atoms with Gasteiger partial charge in [0, 0.05) is 22.4 Å². The fraction of sp³-hybridized carbons (Fsp3) is 0.200. The average molecular weight is 286 g/mol. The summed E-state index contributed by atoms with van der Waals surface area (Å²) in [6.07, 6.45) is 0.829. The van der Waals surface area contributed by atoms with Crippen LogP contribution in [0.1, 0.15) is 17.3 Å². The fourth-order valence-corrected chi connectivity index (χ4v) is 3.30. The van der Waals surface area contributed by atoms with E-state index in [0.717, 1.165) is 33.2 Å². The number of hydrogen-bond donors (Lipinski definition) is 1. The molecule has 0 saturated heterocycles. The van der Waals surface area contributed by atoms with Crippen molar-refractivity contribution in [2.75, 3.05) is 18.0 Å². The molecular formula is C15H14N2O2S. The lowest BCUT2D eigenvalue weighted by Gasteiger charge is -2.15. The molecule has 1 amide bonds. The highest BCUT2D eigenvalue weighted by Crippen LogP contribution is 2.40. The predicted molar refractivity (Wildman–Crippen MR) is 81.2 cm³/mol. The minimum atomic E-state index is 0.0658. The summed E-state index contributed by atoms with van der Waals surface area (Å²) in [5.74, 6) is 0.0658. The smallest absolute Gasteiger partial charge is 0.258 e. The van der Waals surface area contributed by atoms with Crippen molar-refractivity contribution < 1.29 is 9.59 Å². The topological polar surface area (TPSA) is 49.4 Å². The molecule has 2 aromatic rings. The first-order valence-electron chi connectivity index (χ1n) is 6.49. The molecule has 102 valence electrons. The minimum absolute atomic E-state index is 0.0658. The number of hydrogen-bond acceptors (Lipinski definition) is 4. The summed E-state index contributed by atoms with van der Waals surface area (Å²) >= 11 is 1.42. The van der Waals surface area contributed by atoms with Crippen LogP contribution in [0.15, 0.2) is 35.2 Å². The summed E-state index contributed by atoms with van der Waals surface area (Å²) in [5.41, 5.74) is 1.74. The van der Waals surface area contributed by atoms with Gasteiger partial charge in [-0.3, -0.25) is 9.52 Å². The molecule has 4 nitrogen and oxygen atoms in total. The van der Waals surface area contributed by atoms with Crippen LogP contribution >= 0.6 is 11.9 Å². The van der Waals surface area contributed by atoms with E-state index in [0.29, 0.717) is 13.1 Å². The van der Waals surface area contributed by atoms with Gasteiger partial charge in [0.25, 0.3) is 5.91 Å². The summed E-state index contributed by atoms with van der Waals surface area (Å²) in [6, 6.07) is 9.76. The second-order valence-corrected chi connectivity index (χ2v) is 5.41. The lowest BCUT2D eigenvalue weighted by atomic mass is 10.1. The summed E-state index contributed by atoms with van der Waals surface area (Å²) in [4.78, 5) is 25.5. The van der Waals surface area contributed by atoms with E-state index in [2.05, 4.69) is 4.72 Å². The molecule has 0 saturated carbocycles. The van der Waals surface area contributed by atoms with Gasteiger partial charge in [0.05, 0.1) is 12.2 Å². The van der Waals surface area contributed by atoms with Crippen molar-refractivity contribution in [2.24, 2.45) is 0 Å². The van der Waals surface area contributed by atoms with Crippen molar-refractivity contribution in [3.8, 4) is 0 Å². The maximum Gasteiger partial charge on any atom is 0.258 e. The third-order valence-corrected chi connectivity index (χ3v) is 4.30. The second kappa shape index (κ2) is 5.26. The van der Waals surface area contributed by atoms with Crippen LogP contribution < -0.4 is 9.62 Å². The van der Waals surface area contributed by atoms with Gasteiger partial charge in [0.15, 0.2) is 0 Å². The van der Waals surface area contributed by atoms with E-state index >= 15 is 0 Å². The Kier molecular flexibility index (Phi) is 3.46. The zero-order valence-electron chi connectivity index (χ0n) is 11.1. The van der Waals surface area contributed by atoms with Gasteiger partial charge >= 0.3 is 0 Å². The molecule has 1 heterocycles. The van der Waals surface area contributed by atoms with Gasteiger partial charge in [0.1, 0.15) is 6.29 Å². The molecule has 3 rings (SSSR count). The number of nitrogens with one attached hydrogen (secondary N) is 1. The van der Waals surface area contributed by atoms with Gasteiger partial charge in [-0.25, -0.2) is 0 Å². The standard InChI is InChI=1S/C15H14N2O2S/c1-2-17-12-6-7-13(20-16-8-9-18)10-4-3-5-11(14(10)12)15(17)19/h3-7,9,16H,2,8H2,1H3. The van der Waals surface area contributed by atoms with E-state index in [1.807, 2.05) is 37.3 Å². The van der Waals surface area contributed by atoms with Gasteiger partial charge in [-0.15, -0.1) is 0 Å². The highest BCUT2D eigenvalue weighted by molar-refractivity contribution is 7.97. The number of aldehydes is 1. The Morgan fingerprint density at radius 3 is 2.90 bits per heavy atom. The first-order valence-corrected chi connectivity index (χ1v) is 7.30. The molecule has 1 aliphatic heterocycles. The molecule has 1 N–H and O–H groups in total. The monoisotopic (exact) mass is 286 g/mol.